The van der Waals surface area contributed by atoms with E-state index >= 15 is 0 Å². The Morgan fingerprint density at radius 2 is 1.71 bits per heavy atom. The minimum Gasteiger partial charge on any atom is -0.490 e. The van der Waals surface area contributed by atoms with Gasteiger partial charge in [0.15, 0.2) is 0 Å². The second-order valence-electron chi connectivity index (χ2n) is 15.1. The van der Waals surface area contributed by atoms with Gasteiger partial charge in [-0.15, -0.1) is 0 Å². The van der Waals surface area contributed by atoms with Gasteiger partial charge in [0, 0.05) is 94.0 Å². The number of nitriles is 1. The predicted octanol–water partition coefficient (Wildman–Crippen LogP) is 5.47. The van der Waals surface area contributed by atoms with Gasteiger partial charge in [-0.2, -0.15) is 5.26 Å². The van der Waals surface area contributed by atoms with Crippen molar-refractivity contribution in [1.82, 2.24) is 35.1 Å². The zero-order valence-corrected chi connectivity index (χ0v) is 31.5. The minimum absolute atomic E-state index is 0.0366. The average molecular weight is 765 g/mol. The molecule has 0 radical (unpaired) electrons. The highest BCUT2D eigenvalue weighted by atomic mass is 35.5. The molecule has 1 saturated carbocycles. The maximum Gasteiger partial charge on any atom is 0.329 e. The Morgan fingerprint density at radius 3 is 2.42 bits per heavy atom. The summed E-state index contributed by atoms with van der Waals surface area (Å²) in [5.74, 6) is 2.13. The molecule has 55 heavy (non-hydrogen) atoms. The number of ether oxygens (including phenoxy) is 1. The van der Waals surface area contributed by atoms with Crippen molar-refractivity contribution in [1.29, 1.82) is 5.26 Å². The number of pyridine rings is 1. The molecule has 15 heteroatoms. The lowest BCUT2D eigenvalue weighted by atomic mass is 9.92. The first-order chi connectivity index (χ1) is 26.8. The van der Waals surface area contributed by atoms with Crippen LogP contribution in [0.25, 0.3) is 10.9 Å². The van der Waals surface area contributed by atoms with E-state index in [2.05, 4.69) is 52.2 Å². The third kappa shape index (κ3) is 8.23. The molecule has 4 amide bonds. The number of carbonyl (C=O) groups is 3. The van der Waals surface area contributed by atoms with E-state index in [1.807, 2.05) is 12.1 Å². The molecule has 3 aromatic heterocycles. The molecular weight excluding hydrogens is 720 g/mol. The number of carbonyl (C=O) groups excluding carboxylic acids is 3. The highest BCUT2D eigenvalue weighted by Crippen LogP contribution is 2.33. The molecule has 8 rings (SSSR count). The molecule has 2 N–H and O–H groups in total. The SMILES string of the molecule is N#Cc1ccc(OC2CCC(NC(=O)c3cnc(N4CCC(CN5CCC(n6ccc7c(N8CCC(=O)NC8=O)nccc76)CC5)CC4)nc3)CC2)cc1Cl. The molecule has 3 aliphatic heterocycles. The maximum absolute atomic E-state index is 13.0. The highest BCUT2D eigenvalue weighted by molar-refractivity contribution is 6.31. The number of urea groups is 1. The summed E-state index contributed by atoms with van der Waals surface area (Å²) in [6.07, 6.45) is 14.9. The van der Waals surface area contributed by atoms with Crippen LogP contribution < -0.4 is 25.2 Å². The van der Waals surface area contributed by atoms with Gasteiger partial charge in [0.1, 0.15) is 17.6 Å². The summed E-state index contributed by atoms with van der Waals surface area (Å²) >= 11 is 6.15. The summed E-state index contributed by atoms with van der Waals surface area (Å²) in [6, 6.07) is 11.2. The van der Waals surface area contributed by atoms with Gasteiger partial charge < -0.3 is 24.4 Å². The standard InChI is InChI=1S/C40H45ClN10O4/c41-34-21-32(4-1-27(34)22-42)55-31-5-2-29(3-6-31)46-38(53)28-23-44-39(45-24-28)49-17-8-26(9-18-49)25-48-15-10-30(11-16-48)50-19-12-33-35(50)7-14-43-37(33)51-20-13-36(52)47-40(51)54/h1,4,7,12,14,19,21,23-24,26,29-31H,2-3,5-6,8-11,13,15-18,20,25H2,(H,46,53)(H,47,52,54). The second-order valence-corrected chi connectivity index (χ2v) is 15.5. The topological polar surface area (TPSA) is 162 Å². The highest BCUT2D eigenvalue weighted by Gasteiger charge is 2.30. The fourth-order valence-corrected chi connectivity index (χ4v) is 8.69. The van der Waals surface area contributed by atoms with Crippen LogP contribution >= 0.6 is 11.6 Å². The molecule has 1 aliphatic carbocycles. The number of piperidine rings is 2. The lowest BCUT2D eigenvalue weighted by molar-refractivity contribution is -0.120. The molecule has 1 aromatic carbocycles. The summed E-state index contributed by atoms with van der Waals surface area (Å²) in [5, 5.41) is 15.9. The monoisotopic (exact) mass is 764 g/mol. The summed E-state index contributed by atoms with van der Waals surface area (Å²) in [6.45, 7) is 5.27. The van der Waals surface area contributed by atoms with Crippen molar-refractivity contribution in [3.8, 4) is 11.8 Å². The van der Waals surface area contributed by atoms with Gasteiger partial charge in [-0.25, -0.2) is 19.7 Å². The quantitative estimate of drug-likeness (QED) is 0.224. The van der Waals surface area contributed by atoms with E-state index in [4.69, 9.17) is 21.6 Å². The number of rotatable bonds is 9. The third-order valence-electron chi connectivity index (χ3n) is 11.6. The Kier molecular flexibility index (Phi) is 10.8. The molecule has 4 aliphatic rings. The summed E-state index contributed by atoms with van der Waals surface area (Å²) in [5.41, 5.74) is 1.95. The normalized spacial score (nSPS) is 21.7. The summed E-state index contributed by atoms with van der Waals surface area (Å²) < 4.78 is 8.42. The zero-order valence-electron chi connectivity index (χ0n) is 30.7. The van der Waals surface area contributed by atoms with Crippen LogP contribution in [0.5, 0.6) is 5.75 Å². The number of aromatic nitrogens is 4. The number of nitrogens with one attached hydrogen (secondary N) is 2. The molecule has 3 saturated heterocycles. The van der Waals surface area contributed by atoms with Gasteiger partial charge in [0.2, 0.25) is 11.9 Å². The van der Waals surface area contributed by atoms with Crippen LogP contribution in [0.1, 0.15) is 79.8 Å². The van der Waals surface area contributed by atoms with Crippen molar-refractivity contribution in [3.05, 3.63) is 71.3 Å². The lowest BCUT2D eigenvalue weighted by Crippen LogP contribution is -2.49. The molecule has 0 spiro atoms. The van der Waals surface area contributed by atoms with Crippen LogP contribution in [-0.4, -0.2) is 93.7 Å². The van der Waals surface area contributed by atoms with E-state index in [1.54, 1.807) is 41.7 Å². The van der Waals surface area contributed by atoms with Crippen molar-refractivity contribution in [2.75, 3.05) is 49.1 Å². The number of halogens is 1. The maximum atomic E-state index is 13.0. The number of likely N-dealkylation sites (tertiary alicyclic amines) is 1. The average Bonchev–Trinajstić information content (AvgIpc) is 3.64. The number of nitrogens with zero attached hydrogens (tertiary/aromatic N) is 8. The van der Waals surface area contributed by atoms with Crippen LogP contribution in [0.15, 0.2) is 55.1 Å². The van der Waals surface area contributed by atoms with Crippen molar-refractivity contribution in [3.63, 3.8) is 0 Å². The number of benzene rings is 1. The molecule has 0 unspecified atom stereocenters. The molecule has 0 bridgehead atoms. The second kappa shape index (κ2) is 16.2. The van der Waals surface area contributed by atoms with E-state index in [9.17, 15) is 14.4 Å². The molecule has 4 aromatic rings. The van der Waals surface area contributed by atoms with Gasteiger partial charge in [0.05, 0.1) is 27.8 Å². The van der Waals surface area contributed by atoms with Gasteiger partial charge >= 0.3 is 6.03 Å². The fourth-order valence-electron chi connectivity index (χ4n) is 8.48. The van der Waals surface area contributed by atoms with Crippen LogP contribution in [0.3, 0.4) is 0 Å². The number of fused-ring (bicyclic) bond motifs is 1. The Hall–Kier alpha value is -5.26. The largest absolute Gasteiger partial charge is 0.490 e. The predicted molar refractivity (Wildman–Crippen MR) is 207 cm³/mol. The minimum atomic E-state index is -0.416. The van der Waals surface area contributed by atoms with Crippen LogP contribution in [-0.2, 0) is 4.79 Å². The zero-order chi connectivity index (χ0) is 37.9. The first-order valence-electron chi connectivity index (χ1n) is 19.3. The van der Waals surface area contributed by atoms with Crippen molar-refractivity contribution >= 4 is 52.1 Å². The Bertz CT molecular complexity index is 2080. The molecule has 6 heterocycles. The lowest BCUT2D eigenvalue weighted by Gasteiger charge is -2.38. The molecule has 4 fully saturated rings. The number of imide groups is 1. The van der Waals surface area contributed by atoms with Crippen LogP contribution in [0, 0.1) is 17.2 Å². The first kappa shape index (κ1) is 36.7. The van der Waals surface area contributed by atoms with E-state index < -0.39 is 6.03 Å². The smallest absolute Gasteiger partial charge is 0.329 e. The Morgan fingerprint density at radius 1 is 0.945 bits per heavy atom. The van der Waals surface area contributed by atoms with E-state index in [1.165, 1.54) is 0 Å². The fraction of sp³-hybridized carbons (Fsp3) is 0.475. The van der Waals surface area contributed by atoms with Crippen molar-refractivity contribution in [2.24, 2.45) is 5.92 Å². The third-order valence-corrected chi connectivity index (χ3v) is 11.9. The number of amides is 4. The summed E-state index contributed by atoms with van der Waals surface area (Å²) in [7, 11) is 0. The molecular formula is C40H45ClN10O4. The van der Waals surface area contributed by atoms with Gasteiger partial charge in [-0.3, -0.25) is 19.8 Å². The molecule has 0 atom stereocenters. The van der Waals surface area contributed by atoms with E-state index in [-0.39, 0.29) is 30.4 Å². The Balaban J connectivity index is 0.760. The molecule has 286 valence electrons. The van der Waals surface area contributed by atoms with Gasteiger partial charge in [-0.1, -0.05) is 11.6 Å². The van der Waals surface area contributed by atoms with Gasteiger partial charge in [0.25, 0.3) is 5.91 Å². The van der Waals surface area contributed by atoms with Crippen molar-refractivity contribution < 1.29 is 19.1 Å². The van der Waals surface area contributed by atoms with Gasteiger partial charge in [-0.05, 0) is 81.5 Å². The molecule has 14 nitrogen and oxygen atoms in total. The number of hydrogen-bond donors (Lipinski definition) is 2. The van der Waals surface area contributed by atoms with Crippen molar-refractivity contribution in [2.45, 2.75) is 76.0 Å². The summed E-state index contributed by atoms with van der Waals surface area (Å²) in [4.78, 5) is 57.2. The first-order valence-corrected chi connectivity index (χ1v) is 19.7. The van der Waals surface area contributed by atoms with Crippen LogP contribution in [0.2, 0.25) is 5.02 Å². The Labute approximate surface area is 324 Å². The number of anilines is 2. The van der Waals surface area contributed by atoms with E-state index in [0.717, 1.165) is 95.0 Å². The number of hydrogen-bond acceptors (Lipinski definition) is 10. The van der Waals surface area contributed by atoms with Crippen LogP contribution in [0.4, 0.5) is 16.6 Å². The van der Waals surface area contributed by atoms with E-state index in [0.29, 0.717) is 52.2 Å².